The van der Waals surface area contributed by atoms with E-state index in [1.54, 1.807) is 34.1 Å². The van der Waals surface area contributed by atoms with Crippen LogP contribution in [0.2, 0.25) is 0 Å². The Morgan fingerprint density at radius 2 is 1.48 bits per heavy atom. The first-order valence-corrected chi connectivity index (χ1v) is 10.5. The number of carbonyl (C=O) groups excluding carboxylic acids is 2. The van der Waals surface area contributed by atoms with E-state index in [1.165, 1.54) is 24.3 Å². The van der Waals surface area contributed by atoms with Crippen LogP contribution in [0.3, 0.4) is 0 Å². The van der Waals surface area contributed by atoms with Gasteiger partial charge in [0.05, 0.1) is 11.5 Å². The van der Waals surface area contributed by atoms with Crippen molar-refractivity contribution in [2.45, 2.75) is 45.2 Å². The van der Waals surface area contributed by atoms with Crippen LogP contribution in [0, 0.1) is 17.0 Å². The number of urea groups is 1. The first-order chi connectivity index (χ1) is 14.6. The van der Waals surface area contributed by atoms with Crippen LogP contribution in [-0.2, 0) is 4.79 Å². The molecule has 2 aliphatic rings. The Labute approximate surface area is 181 Å². The zero-order valence-electron chi connectivity index (χ0n) is 18.0. The molecule has 2 saturated heterocycles. The predicted octanol–water partition coefficient (Wildman–Crippen LogP) is 4.64. The second kappa shape index (κ2) is 7.62. The van der Waals surface area contributed by atoms with Gasteiger partial charge in [-0.3, -0.25) is 4.79 Å². The third kappa shape index (κ3) is 3.89. The Bertz CT molecular complexity index is 975. The van der Waals surface area contributed by atoms with Crippen molar-refractivity contribution in [1.82, 2.24) is 10.2 Å². The Morgan fingerprint density at radius 3 is 2.00 bits per heavy atom. The summed E-state index contributed by atoms with van der Waals surface area (Å²) in [4.78, 5) is 29.4. The molecule has 0 aliphatic carbocycles. The van der Waals surface area contributed by atoms with E-state index < -0.39 is 5.41 Å². The number of nitrogens with zero attached hydrogens (tertiary/aromatic N) is 2. The highest BCUT2D eigenvalue weighted by molar-refractivity contribution is 6.06. The zero-order chi connectivity index (χ0) is 22.4. The number of likely N-dealkylation sites (tertiary alicyclic amines) is 1. The average molecular weight is 427 g/mol. The minimum absolute atomic E-state index is 0.0377. The quantitative estimate of drug-likeness (QED) is 0.710. The highest BCUT2D eigenvalue weighted by Crippen LogP contribution is 2.57. The molecule has 7 heteroatoms. The lowest BCUT2D eigenvalue weighted by Crippen LogP contribution is -2.67. The number of β-lactam (4-membered cyclic amide) rings is 1. The molecule has 164 valence electrons. The van der Waals surface area contributed by atoms with Crippen molar-refractivity contribution in [2.24, 2.45) is 5.41 Å². The molecule has 1 N–H and O–H groups in total. The largest absolute Gasteiger partial charge is 0.333 e. The van der Waals surface area contributed by atoms with Crippen molar-refractivity contribution < 1.29 is 18.4 Å². The lowest BCUT2D eigenvalue weighted by Gasteiger charge is -2.59. The fourth-order valence-corrected chi connectivity index (χ4v) is 4.63. The Kier molecular flexibility index (Phi) is 5.23. The Hall–Kier alpha value is -2.96. The topological polar surface area (TPSA) is 52.7 Å². The van der Waals surface area contributed by atoms with Gasteiger partial charge in [-0.25, -0.2) is 13.6 Å². The SMILES string of the molecule is CC(C)(C)NC(=O)N1CCC2(CC1)C(=O)N(c1ccc(F)cc1)C2c1ccc(F)cc1. The van der Waals surface area contributed by atoms with Gasteiger partial charge in [-0.05, 0) is 75.6 Å². The zero-order valence-corrected chi connectivity index (χ0v) is 18.0. The molecular formula is C24H27F2N3O2. The summed E-state index contributed by atoms with van der Waals surface area (Å²) in [5.74, 6) is -0.752. The molecular weight excluding hydrogens is 400 g/mol. The molecule has 1 atom stereocenters. The van der Waals surface area contributed by atoms with Gasteiger partial charge >= 0.3 is 6.03 Å². The molecule has 1 unspecified atom stereocenters. The van der Waals surface area contributed by atoms with E-state index in [-0.39, 0.29) is 35.2 Å². The Balaban J connectivity index is 1.61. The number of anilines is 1. The third-order valence-corrected chi connectivity index (χ3v) is 6.14. The molecule has 2 aromatic rings. The summed E-state index contributed by atoms with van der Waals surface area (Å²) in [7, 11) is 0. The van der Waals surface area contributed by atoms with Crippen LogP contribution in [0.4, 0.5) is 19.3 Å². The standard InChI is InChI=1S/C24H27F2N3O2/c1-23(2,3)27-22(31)28-14-12-24(13-15-28)20(16-4-6-17(25)7-5-16)29(21(24)30)19-10-8-18(26)9-11-19/h4-11,20H,12-15H2,1-3H3,(H,27,31). The van der Waals surface area contributed by atoms with Gasteiger partial charge in [0, 0.05) is 24.3 Å². The van der Waals surface area contributed by atoms with E-state index in [4.69, 9.17) is 0 Å². The maximum Gasteiger partial charge on any atom is 0.317 e. The van der Waals surface area contributed by atoms with Gasteiger partial charge in [0.1, 0.15) is 11.6 Å². The van der Waals surface area contributed by atoms with Crippen molar-refractivity contribution in [1.29, 1.82) is 0 Å². The highest BCUT2D eigenvalue weighted by Gasteiger charge is 2.62. The van der Waals surface area contributed by atoms with E-state index in [0.717, 1.165) is 5.56 Å². The first-order valence-electron chi connectivity index (χ1n) is 10.5. The van der Waals surface area contributed by atoms with Crippen molar-refractivity contribution in [3.05, 3.63) is 65.7 Å². The van der Waals surface area contributed by atoms with Crippen molar-refractivity contribution >= 4 is 17.6 Å². The molecule has 2 heterocycles. The van der Waals surface area contributed by atoms with Gasteiger partial charge in [-0.1, -0.05) is 12.1 Å². The number of rotatable bonds is 2. The smallest absolute Gasteiger partial charge is 0.317 e. The van der Waals surface area contributed by atoms with Gasteiger partial charge < -0.3 is 15.1 Å². The fourth-order valence-electron chi connectivity index (χ4n) is 4.63. The average Bonchev–Trinajstić information content (AvgIpc) is 2.72. The molecule has 1 spiro atoms. The third-order valence-electron chi connectivity index (χ3n) is 6.14. The Morgan fingerprint density at radius 1 is 0.968 bits per heavy atom. The summed E-state index contributed by atoms with van der Waals surface area (Å²) in [6, 6.07) is 11.6. The van der Waals surface area contributed by atoms with Crippen LogP contribution in [0.5, 0.6) is 0 Å². The number of piperidine rings is 1. The number of benzene rings is 2. The molecule has 0 bridgehead atoms. The monoisotopic (exact) mass is 427 g/mol. The molecule has 0 saturated carbocycles. The van der Waals surface area contributed by atoms with E-state index >= 15 is 0 Å². The lowest BCUT2D eigenvalue weighted by molar-refractivity contribution is -0.144. The number of hydrogen-bond donors (Lipinski definition) is 1. The van der Waals surface area contributed by atoms with Crippen molar-refractivity contribution in [2.75, 3.05) is 18.0 Å². The number of hydrogen-bond acceptors (Lipinski definition) is 2. The summed E-state index contributed by atoms with van der Waals surface area (Å²) in [6.07, 6.45) is 1.03. The van der Waals surface area contributed by atoms with E-state index in [0.29, 0.717) is 31.6 Å². The van der Waals surface area contributed by atoms with E-state index in [2.05, 4.69) is 5.32 Å². The summed E-state index contributed by atoms with van der Waals surface area (Å²) in [5.41, 5.74) is 0.441. The van der Waals surface area contributed by atoms with Gasteiger partial charge in [-0.15, -0.1) is 0 Å². The molecule has 31 heavy (non-hydrogen) atoms. The number of carbonyl (C=O) groups is 2. The molecule has 2 aromatic carbocycles. The summed E-state index contributed by atoms with van der Waals surface area (Å²) < 4.78 is 27.0. The second-order valence-corrected chi connectivity index (χ2v) is 9.43. The summed E-state index contributed by atoms with van der Waals surface area (Å²) >= 11 is 0. The van der Waals surface area contributed by atoms with Crippen LogP contribution in [0.25, 0.3) is 0 Å². The summed E-state index contributed by atoms with van der Waals surface area (Å²) in [5, 5.41) is 2.97. The van der Waals surface area contributed by atoms with E-state index in [9.17, 15) is 18.4 Å². The number of nitrogens with one attached hydrogen (secondary N) is 1. The van der Waals surface area contributed by atoms with Crippen LogP contribution in [-0.4, -0.2) is 35.5 Å². The van der Waals surface area contributed by atoms with Crippen LogP contribution in [0.1, 0.15) is 45.2 Å². The van der Waals surface area contributed by atoms with Crippen molar-refractivity contribution in [3.8, 4) is 0 Å². The maximum atomic E-state index is 13.5. The van der Waals surface area contributed by atoms with Gasteiger partial charge in [0.15, 0.2) is 0 Å². The van der Waals surface area contributed by atoms with Gasteiger partial charge in [0.25, 0.3) is 0 Å². The molecule has 0 radical (unpaired) electrons. The molecule has 4 rings (SSSR count). The van der Waals surface area contributed by atoms with Gasteiger partial charge in [0.2, 0.25) is 5.91 Å². The highest BCUT2D eigenvalue weighted by atomic mass is 19.1. The van der Waals surface area contributed by atoms with Crippen LogP contribution < -0.4 is 10.2 Å². The van der Waals surface area contributed by atoms with E-state index in [1.807, 2.05) is 20.8 Å². The lowest BCUT2D eigenvalue weighted by atomic mass is 9.62. The first kappa shape index (κ1) is 21.3. The molecule has 2 aliphatic heterocycles. The minimum Gasteiger partial charge on any atom is -0.333 e. The molecule has 3 amide bonds. The predicted molar refractivity (Wildman–Crippen MR) is 115 cm³/mol. The molecule has 5 nitrogen and oxygen atoms in total. The van der Waals surface area contributed by atoms with Crippen LogP contribution >= 0.6 is 0 Å². The normalized spacial score (nSPS) is 20.5. The molecule has 2 fully saturated rings. The van der Waals surface area contributed by atoms with Gasteiger partial charge in [-0.2, -0.15) is 0 Å². The molecule has 0 aromatic heterocycles. The summed E-state index contributed by atoms with van der Waals surface area (Å²) in [6.45, 7) is 6.70. The maximum absolute atomic E-state index is 13.5. The number of amides is 3. The van der Waals surface area contributed by atoms with Crippen molar-refractivity contribution in [3.63, 3.8) is 0 Å². The second-order valence-electron chi connectivity index (χ2n) is 9.43. The van der Waals surface area contributed by atoms with Crippen LogP contribution in [0.15, 0.2) is 48.5 Å². The number of halogens is 2. The minimum atomic E-state index is -0.662. The fraction of sp³-hybridized carbons (Fsp3) is 0.417.